The van der Waals surface area contributed by atoms with Gasteiger partial charge in [0.05, 0.1) is 6.42 Å². The largest absolute Gasteiger partial charge is 0.481 e. The monoisotopic (exact) mass is 277 g/mol. The van der Waals surface area contributed by atoms with Gasteiger partial charge in [0.1, 0.15) is 0 Å². The summed E-state index contributed by atoms with van der Waals surface area (Å²) in [6.45, 7) is 1.24. The van der Waals surface area contributed by atoms with E-state index < -0.39 is 39.1 Å². The lowest BCUT2D eigenvalue weighted by Gasteiger charge is -2.23. The molecule has 1 unspecified atom stereocenters. The van der Waals surface area contributed by atoms with E-state index >= 15 is 0 Å². The number of hydrogen-bond donors (Lipinski definition) is 6. The smallest absolute Gasteiger partial charge is 0.354 e. The normalized spacial score (nSPS) is 15.1. The highest BCUT2D eigenvalue weighted by Gasteiger charge is 2.44. The molecule has 16 heavy (non-hydrogen) atoms. The molecule has 9 nitrogen and oxygen atoms in total. The van der Waals surface area contributed by atoms with Crippen LogP contribution < -0.4 is 5.32 Å². The second-order valence-corrected chi connectivity index (χ2v) is 7.01. The average Bonchev–Trinajstić information content (AvgIpc) is 1.94. The molecule has 0 bridgehead atoms. The highest BCUT2D eigenvalue weighted by atomic mass is 31.2. The molecule has 0 saturated carbocycles. The van der Waals surface area contributed by atoms with E-state index in [9.17, 15) is 13.9 Å². The third kappa shape index (κ3) is 5.72. The molecule has 0 radical (unpaired) electrons. The molecule has 0 fully saturated rings. The minimum absolute atomic E-state index is 0.517. The van der Waals surface area contributed by atoms with E-state index in [0.717, 1.165) is 0 Å². The van der Waals surface area contributed by atoms with Crippen LogP contribution in [0.4, 0.5) is 0 Å². The average molecular weight is 277 g/mol. The lowest BCUT2D eigenvalue weighted by Crippen LogP contribution is -2.37. The molecule has 1 atom stereocenters. The van der Waals surface area contributed by atoms with E-state index in [1.165, 1.54) is 6.92 Å². The van der Waals surface area contributed by atoms with Gasteiger partial charge in [0.25, 0.3) is 0 Å². The van der Waals surface area contributed by atoms with Gasteiger partial charge in [0.15, 0.2) is 0 Å². The van der Waals surface area contributed by atoms with Gasteiger partial charge in [-0.2, -0.15) is 0 Å². The number of hydrogen-bond acceptors (Lipinski definition) is 4. The number of carboxylic acids is 1. The number of carboxylic acid groups (broad SMARTS) is 1. The van der Waals surface area contributed by atoms with E-state index in [-0.39, 0.29) is 0 Å². The second-order valence-electron chi connectivity index (χ2n) is 3.22. The zero-order valence-electron chi connectivity index (χ0n) is 8.22. The molecular formula is C5H13NO8P2. The lowest BCUT2D eigenvalue weighted by molar-refractivity contribution is -0.137. The Morgan fingerprint density at radius 2 is 1.56 bits per heavy atom. The van der Waals surface area contributed by atoms with E-state index in [1.54, 1.807) is 0 Å². The van der Waals surface area contributed by atoms with Gasteiger partial charge in [-0.1, -0.05) is 0 Å². The maximum Gasteiger partial charge on any atom is 0.354 e. The van der Waals surface area contributed by atoms with Gasteiger partial charge in [0, 0.05) is 6.04 Å². The fourth-order valence-electron chi connectivity index (χ4n) is 0.965. The summed E-state index contributed by atoms with van der Waals surface area (Å²) in [7, 11) is -10.1. The predicted molar refractivity (Wildman–Crippen MR) is 52.7 cm³/mol. The lowest BCUT2D eigenvalue weighted by atomic mass is 10.2. The molecule has 0 saturated heterocycles. The molecular weight excluding hydrogens is 264 g/mol. The Bertz CT molecular complexity index is 322. The van der Waals surface area contributed by atoms with Gasteiger partial charge in [0.2, 0.25) is 5.52 Å². The SMILES string of the molecule is CC(CC(=O)O)NC(P(=O)(O)O)P(=O)(O)O. The van der Waals surface area contributed by atoms with Crippen LogP contribution >= 0.6 is 15.2 Å². The maximum absolute atomic E-state index is 10.8. The van der Waals surface area contributed by atoms with Crippen LogP contribution in [-0.2, 0) is 13.9 Å². The van der Waals surface area contributed by atoms with E-state index in [2.05, 4.69) is 0 Å². The van der Waals surface area contributed by atoms with Gasteiger partial charge in [-0.3, -0.25) is 19.2 Å². The fraction of sp³-hybridized carbons (Fsp3) is 0.800. The van der Waals surface area contributed by atoms with Crippen molar-refractivity contribution in [2.24, 2.45) is 0 Å². The Morgan fingerprint density at radius 3 is 1.81 bits per heavy atom. The Hall–Kier alpha value is -0.270. The topological polar surface area (TPSA) is 164 Å². The Balaban J connectivity index is 4.78. The van der Waals surface area contributed by atoms with Crippen LogP contribution in [-0.4, -0.2) is 42.2 Å². The van der Waals surface area contributed by atoms with Crippen molar-refractivity contribution in [3.05, 3.63) is 0 Å². The summed E-state index contributed by atoms with van der Waals surface area (Å²) in [6.07, 6.45) is -0.517. The van der Waals surface area contributed by atoms with Crippen molar-refractivity contribution in [3.63, 3.8) is 0 Å². The maximum atomic E-state index is 10.8. The van der Waals surface area contributed by atoms with Crippen molar-refractivity contribution in [1.82, 2.24) is 5.32 Å². The summed E-state index contributed by atoms with van der Waals surface area (Å²) in [5.74, 6) is -1.25. The Labute approximate surface area is 90.8 Å². The van der Waals surface area contributed by atoms with Gasteiger partial charge < -0.3 is 24.7 Å². The standard InChI is InChI=1S/C5H13NO8P2/c1-3(2-4(7)8)6-5(15(9,10)11)16(12,13)14/h3,5-6H,2H2,1H3,(H,7,8)(H2,9,10,11)(H2,12,13,14). The van der Waals surface area contributed by atoms with Crippen molar-refractivity contribution >= 4 is 21.2 Å². The van der Waals surface area contributed by atoms with E-state index in [4.69, 9.17) is 24.7 Å². The molecule has 96 valence electrons. The summed E-state index contributed by atoms with van der Waals surface area (Å²) in [4.78, 5) is 45.1. The first-order chi connectivity index (χ1) is 6.94. The first-order valence-corrected chi connectivity index (χ1v) is 7.39. The van der Waals surface area contributed by atoms with Crippen LogP contribution in [0.25, 0.3) is 0 Å². The summed E-state index contributed by atoms with van der Waals surface area (Å²) >= 11 is 0. The predicted octanol–water partition coefficient (Wildman–Crippen LogP) is -0.922. The minimum Gasteiger partial charge on any atom is -0.481 e. The Kier molecular flexibility index (Phi) is 5.28. The number of carbonyl (C=O) groups is 1. The third-order valence-corrected chi connectivity index (χ3v) is 4.93. The van der Waals surface area contributed by atoms with Gasteiger partial charge in [-0.25, -0.2) is 0 Å². The van der Waals surface area contributed by atoms with Crippen molar-refractivity contribution in [2.45, 2.75) is 24.9 Å². The van der Waals surface area contributed by atoms with Crippen molar-refractivity contribution in [3.8, 4) is 0 Å². The quantitative estimate of drug-likeness (QED) is 0.336. The molecule has 0 rings (SSSR count). The molecule has 0 heterocycles. The van der Waals surface area contributed by atoms with Crippen LogP contribution in [0.5, 0.6) is 0 Å². The molecule has 0 aliphatic heterocycles. The molecule has 0 aliphatic carbocycles. The van der Waals surface area contributed by atoms with Crippen molar-refractivity contribution in [1.29, 1.82) is 0 Å². The van der Waals surface area contributed by atoms with Crippen molar-refractivity contribution < 1.29 is 38.6 Å². The molecule has 0 aromatic carbocycles. The highest BCUT2D eigenvalue weighted by Crippen LogP contribution is 2.58. The molecule has 11 heteroatoms. The Morgan fingerprint density at radius 1 is 1.19 bits per heavy atom. The summed E-state index contributed by atoms with van der Waals surface area (Å²) in [6, 6.07) is -0.984. The number of nitrogens with one attached hydrogen (secondary N) is 1. The van der Waals surface area contributed by atoms with Gasteiger partial charge >= 0.3 is 21.2 Å². The van der Waals surface area contributed by atoms with Crippen LogP contribution in [0.3, 0.4) is 0 Å². The fourth-order valence-corrected chi connectivity index (χ4v) is 3.43. The molecule has 0 spiro atoms. The first-order valence-electron chi connectivity index (χ1n) is 4.03. The summed E-state index contributed by atoms with van der Waals surface area (Å²) < 4.78 is 21.6. The molecule has 0 aromatic rings. The van der Waals surface area contributed by atoms with E-state index in [0.29, 0.717) is 0 Å². The van der Waals surface area contributed by atoms with Crippen LogP contribution in [0.1, 0.15) is 13.3 Å². The molecule has 0 amide bonds. The van der Waals surface area contributed by atoms with Crippen LogP contribution in [0, 0.1) is 0 Å². The second kappa shape index (κ2) is 5.37. The zero-order chi connectivity index (χ0) is 13.1. The third-order valence-electron chi connectivity index (χ3n) is 1.55. The first kappa shape index (κ1) is 15.7. The minimum atomic E-state index is -5.06. The number of aliphatic carboxylic acids is 1. The van der Waals surface area contributed by atoms with Gasteiger partial charge in [-0.05, 0) is 6.92 Å². The zero-order valence-corrected chi connectivity index (χ0v) is 10.0. The molecule has 6 N–H and O–H groups in total. The van der Waals surface area contributed by atoms with Gasteiger partial charge in [-0.15, -0.1) is 0 Å². The van der Waals surface area contributed by atoms with Crippen LogP contribution in [0.2, 0.25) is 0 Å². The number of rotatable bonds is 6. The summed E-state index contributed by atoms with van der Waals surface area (Å²) in [5, 5.41) is 10.3. The molecule has 0 aromatic heterocycles. The highest BCUT2D eigenvalue weighted by molar-refractivity contribution is 7.70. The van der Waals surface area contributed by atoms with E-state index in [1.807, 2.05) is 5.32 Å². The summed E-state index contributed by atoms with van der Waals surface area (Å²) in [5.41, 5.74) is -2.38. The molecule has 0 aliphatic rings. The van der Waals surface area contributed by atoms with Crippen LogP contribution in [0.15, 0.2) is 0 Å². The van der Waals surface area contributed by atoms with Crippen molar-refractivity contribution in [2.75, 3.05) is 0 Å².